The number of fused-ring (bicyclic) bond motifs is 1. The molecule has 1 atom stereocenters. The number of aryl methyl sites for hydroxylation is 1. The van der Waals surface area contributed by atoms with Crippen LogP contribution in [-0.2, 0) is 6.54 Å². The van der Waals surface area contributed by atoms with Crippen LogP contribution in [0.1, 0.15) is 30.1 Å². The molecule has 1 aliphatic rings. The predicted molar refractivity (Wildman–Crippen MR) is 94.4 cm³/mol. The fourth-order valence-electron chi connectivity index (χ4n) is 3.11. The van der Waals surface area contributed by atoms with Crippen LogP contribution < -0.4 is 4.74 Å². The molecule has 0 bridgehead atoms. The number of aromatic nitrogens is 2. The summed E-state index contributed by atoms with van der Waals surface area (Å²) in [7, 11) is 0. The van der Waals surface area contributed by atoms with E-state index in [-0.39, 0.29) is 6.61 Å². The quantitative estimate of drug-likeness (QED) is 0.753. The average Bonchev–Trinajstić information content (AvgIpc) is 3.37. The lowest BCUT2D eigenvalue weighted by Gasteiger charge is -2.16. The van der Waals surface area contributed by atoms with E-state index in [1.54, 1.807) is 0 Å². The number of rotatable bonds is 6. The van der Waals surface area contributed by atoms with E-state index < -0.39 is 6.10 Å². The van der Waals surface area contributed by atoms with E-state index in [9.17, 15) is 5.11 Å². The molecule has 1 saturated carbocycles. The molecule has 4 nitrogen and oxygen atoms in total. The first kappa shape index (κ1) is 15.2. The van der Waals surface area contributed by atoms with Gasteiger partial charge in [0.15, 0.2) is 0 Å². The van der Waals surface area contributed by atoms with Crippen LogP contribution in [0.5, 0.6) is 5.75 Å². The molecule has 0 aliphatic heterocycles. The van der Waals surface area contributed by atoms with Crippen LogP contribution in [0.4, 0.5) is 0 Å². The molecule has 0 saturated heterocycles. The van der Waals surface area contributed by atoms with Crippen LogP contribution in [0, 0.1) is 6.92 Å². The molecule has 3 aromatic rings. The highest BCUT2D eigenvalue weighted by molar-refractivity contribution is 5.76. The minimum Gasteiger partial charge on any atom is -0.491 e. The third kappa shape index (κ3) is 3.02. The molecule has 2 aromatic carbocycles. The van der Waals surface area contributed by atoms with Gasteiger partial charge in [-0.15, -0.1) is 0 Å². The number of aliphatic hydroxyl groups excluding tert-OH is 1. The normalized spacial score (nSPS) is 15.6. The van der Waals surface area contributed by atoms with Gasteiger partial charge >= 0.3 is 0 Å². The van der Waals surface area contributed by atoms with E-state index in [0.29, 0.717) is 12.5 Å². The molecular formula is C20H22N2O2. The average molecular weight is 322 g/mol. The number of benzene rings is 2. The van der Waals surface area contributed by atoms with Crippen LogP contribution >= 0.6 is 0 Å². The molecule has 1 heterocycles. The summed E-state index contributed by atoms with van der Waals surface area (Å²) in [4.78, 5) is 4.77. The van der Waals surface area contributed by atoms with Crippen LogP contribution in [-0.4, -0.2) is 27.4 Å². The van der Waals surface area contributed by atoms with Crippen molar-refractivity contribution in [3.05, 3.63) is 59.9 Å². The number of aliphatic hydroxyl groups is 1. The van der Waals surface area contributed by atoms with E-state index in [2.05, 4.69) is 10.6 Å². The second kappa shape index (κ2) is 6.29. The molecule has 1 aliphatic carbocycles. The van der Waals surface area contributed by atoms with Crippen LogP contribution in [0.3, 0.4) is 0 Å². The fourth-order valence-corrected chi connectivity index (χ4v) is 3.11. The lowest BCUT2D eigenvalue weighted by molar-refractivity contribution is 0.0924. The lowest BCUT2D eigenvalue weighted by Crippen LogP contribution is -2.24. The number of nitrogens with zero attached hydrogens (tertiary/aromatic N) is 2. The minimum absolute atomic E-state index is 0.279. The van der Waals surface area contributed by atoms with Gasteiger partial charge in [0, 0.05) is 5.92 Å². The molecule has 0 radical (unpaired) electrons. The van der Waals surface area contributed by atoms with E-state index >= 15 is 0 Å². The van der Waals surface area contributed by atoms with Crippen molar-refractivity contribution in [3.8, 4) is 5.75 Å². The first-order valence-corrected chi connectivity index (χ1v) is 8.54. The van der Waals surface area contributed by atoms with E-state index in [1.807, 2.05) is 49.4 Å². The van der Waals surface area contributed by atoms with Gasteiger partial charge in [-0.25, -0.2) is 4.98 Å². The highest BCUT2D eigenvalue weighted by Crippen LogP contribution is 2.40. The van der Waals surface area contributed by atoms with Gasteiger partial charge in [0.1, 0.15) is 24.3 Å². The predicted octanol–water partition coefficient (Wildman–Crippen LogP) is 3.66. The topological polar surface area (TPSA) is 47.3 Å². The van der Waals surface area contributed by atoms with Crippen molar-refractivity contribution in [1.82, 2.24) is 9.55 Å². The van der Waals surface area contributed by atoms with Gasteiger partial charge < -0.3 is 14.4 Å². The molecule has 1 N–H and O–H groups in total. The van der Waals surface area contributed by atoms with Crippen molar-refractivity contribution in [2.45, 2.75) is 38.3 Å². The summed E-state index contributed by atoms with van der Waals surface area (Å²) >= 11 is 0. The Balaban J connectivity index is 1.51. The Bertz CT molecular complexity index is 852. The monoisotopic (exact) mass is 322 g/mol. The first-order valence-electron chi connectivity index (χ1n) is 8.54. The third-order valence-electron chi connectivity index (χ3n) is 4.54. The third-order valence-corrected chi connectivity index (χ3v) is 4.54. The summed E-state index contributed by atoms with van der Waals surface area (Å²) < 4.78 is 7.96. The Morgan fingerprint density at radius 1 is 1.17 bits per heavy atom. The Labute approximate surface area is 141 Å². The summed E-state index contributed by atoms with van der Waals surface area (Å²) in [5.41, 5.74) is 3.18. The van der Waals surface area contributed by atoms with Crippen LogP contribution in [0.15, 0.2) is 48.5 Å². The molecule has 0 spiro atoms. The van der Waals surface area contributed by atoms with E-state index in [0.717, 1.165) is 28.2 Å². The van der Waals surface area contributed by atoms with Crippen molar-refractivity contribution < 1.29 is 9.84 Å². The number of hydrogen-bond donors (Lipinski definition) is 1. The van der Waals surface area contributed by atoms with Gasteiger partial charge in [-0.3, -0.25) is 0 Å². The van der Waals surface area contributed by atoms with E-state index in [4.69, 9.17) is 9.72 Å². The number of imidazole rings is 1. The van der Waals surface area contributed by atoms with Gasteiger partial charge in [-0.1, -0.05) is 30.3 Å². The summed E-state index contributed by atoms with van der Waals surface area (Å²) in [6.07, 6.45) is 1.82. The Hall–Kier alpha value is -2.33. The standard InChI is InChI=1S/C20H22N2O2/c1-14-6-2-5-9-19(14)24-13-16(23)12-22-18-8-4-3-7-17(18)21-20(22)15-10-11-15/h2-9,15-16,23H,10-13H2,1H3. The Morgan fingerprint density at radius 3 is 2.71 bits per heavy atom. The number of ether oxygens (including phenoxy) is 1. The van der Waals surface area contributed by atoms with Crippen molar-refractivity contribution in [2.24, 2.45) is 0 Å². The second-order valence-corrected chi connectivity index (χ2v) is 6.57. The van der Waals surface area contributed by atoms with Crippen LogP contribution in [0.25, 0.3) is 11.0 Å². The molecule has 4 heteroatoms. The van der Waals surface area contributed by atoms with Gasteiger partial charge in [-0.05, 0) is 43.5 Å². The van der Waals surface area contributed by atoms with E-state index in [1.165, 1.54) is 12.8 Å². The maximum atomic E-state index is 10.5. The summed E-state index contributed by atoms with van der Waals surface area (Å²) in [5.74, 6) is 2.47. The largest absolute Gasteiger partial charge is 0.491 e. The van der Waals surface area contributed by atoms with Gasteiger partial charge in [0.25, 0.3) is 0 Å². The zero-order valence-electron chi connectivity index (χ0n) is 13.9. The zero-order valence-corrected chi connectivity index (χ0v) is 13.9. The molecule has 1 unspecified atom stereocenters. The molecule has 4 rings (SSSR count). The Morgan fingerprint density at radius 2 is 1.92 bits per heavy atom. The maximum Gasteiger partial charge on any atom is 0.122 e. The summed E-state index contributed by atoms with van der Waals surface area (Å²) in [6, 6.07) is 16.0. The van der Waals surface area contributed by atoms with Crippen LogP contribution in [0.2, 0.25) is 0 Å². The lowest BCUT2D eigenvalue weighted by atomic mass is 10.2. The van der Waals surface area contributed by atoms with Gasteiger partial charge in [-0.2, -0.15) is 0 Å². The van der Waals surface area contributed by atoms with Crippen molar-refractivity contribution in [1.29, 1.82) is 0 Å². The molecule has 0 amide bonds. The molecule has 124 valence electrons. The maximum absolute atomic E-state index is 10.5. The first-order chi connectivity index (χ1) is 11.7. The summed E-state index contributed by atoms with van der Waals surface area (Å²) in [6.45, 7) is 2.80. The highest BCUT2D eigenvalue weighted by atomic mass is 16.5. The molecule has 24 heavy (non-hydrogen) atoms. The summed E-state index contributed by atoms with van der Waals surface area (Å²) in [5, 5.41) is 10.5. The van der Waals surface area contributed by atoms with Gasteiger partial charge in [0.05, 0.1) is 17.6 Å². The van der Waals surface area contributed by atoms with Crippen molar-refractivity contribution >= 4 is 11.0 Å². The Kier molecular flexibility index (Phi) is 3.98. The number of para-hydroxylation sites is 3. The smallest absolute Gasteiger partial charge is 0.122 e. The van der Waals surface area contributed by atoms with Crippen molar-refractivity contribution in [3.63, 3.8) is 0 Å². The molecule has 1 aromatic heterocycles. The highest BCUT2D eigenvalue weighted by Gasteiger charge is 2.30. The minimum atomic E-state index is -0.570. The fraction of sp³-hybridized carbons (Fsp3) is 0.350. The van der Waals surface area contributed by atoms with Gasteiger partial charge in [0.2, 0.25) is 0 Å². The second-order valence-electron chi connectivity index (χ2n) is 6.57. The number of hydrogen-bond acceptors (Lipinski definition) is 3. The van der Waals surface area contributed by atoms with Crippen molar-refractivity contribution in [2.75, 3.05) is 6.61 Å². The zero-order chi connectivity index (χ0) is 16.5. The SMILES string of the molecule is Cc1ccccc1OCC(O)Cn1c(C2CC2)nc2ccccc21. The molecular weight excluding hydrogens is 300 g/mol. The molecule has 1 fully saturated rings.